The molecule has 2 aromatic rings. The van der Waals surface area contributed by atoms with Gasteiger partial charge in [-0.15, -0.1) is 0 Å². The number of pyridine rings is 1. The first-order chi connectivity index (χ1) is 9.51. The van der Waals surface area contributed by atoms with Gasteiger partial charge in [0, 0.05) is 12.2 Å². The number of carboxylic acids is 1. The van der Waals surface area contributed by atoms with Crippen LogP contribution >= 0.6 is 11.6 Å². The van der Waals surface area contributed by atoms with Gasteiger partial charge in [0.25, 0.3) is 0 Å². The number of hydrogen-bond acceptors (Lipinski definition) is 3. The monoisotopic (exact) mass is 294 g/mol. The van der Waals surface area contributed by atoms with Gasteiger partial charge < -0.3 is 10.0 Å². The van der Waals surface area contributed by atoms with Crippen molar-refractivity contribution in [3.63, 3.8) is 0 Å². The molecule has 20 heavy (non-hydrogen) atoms. The van der Waals surface area contributed by atoms with Crippen LogP contribution in [-0.2, 0) is 0 Å². The number of aromatic nitrogens is 1. The SMILES string of the molecule is CCN(c1ccc(F)cc1)c1cc(C(=O)O)cc(Cl)n1. The number of aromatic carboxylic acids is 1. The Hall–Kier alpha value is -2.14. The summed E-state index contributed by atoms with van der Waals surface area (Å²) in [6, 6.07) is 8.58. The summed E-state index contributed by atoms with van der Waals surface area (Å²) in [6.45, 7) is 2.42. The third kappa shape index (κ3) is 3.05. The van der Waals surface area contributed by atoms with Crippen molar-refractivity contribution >= 4 is 29.1 Å². The van der Waals surface area contributed by atoms with E-state index in [1.807, 2.05) is 6.92 Å². The third-order valence-electron chi connectivity index (χ3n) is 2.76. The van der Waals surface area contributed by atoms with Gasteiger partial charge in [-0.1, -0.05) is 11.6 Å². The van der Waals surface area contributed by atoms with Crippen LogP contribution in [0.15, 0.2) is 36.4 Å². The number of halogens is 2. The molecule has 0 fully saturated rings. The Labute approximate surface area is 120 Å². The van der Waals surface area contributed by atoms with E-state index in [4.69, 9.17) is 16.7 Å². The zero-order valence-electron chi connectivity index (χ0n) is 10.7. The average molecular weight is 295 g/mol. The minimum Gasteiger partial charge on any atom is -0.478 e. The molecule has 6 heteroatoms. The smallest absolute Gasteiger partial charge is 0.335 e. The molecule has 0 atom stereocenters. The summed E-state index contributed by atoms with van der Waals surface area (Å²) in [6.07, 6.45) is 0. The predicted molar refractivity (Wildman–Crippen MR) is 75.3 cm³/mol. The highest BCUT2D eigenvalue weighted by Crippen LogP contribution is 2.26. The van der Waals surface area contributed by atoms with Gasteiger partial charge >= 0.3 is 5.97 Å². The van der Waals surface area contributed by atoms with Crippen LogP contribution in [0, 0.1) is 5.82 Å². The standard InChI is InChI=1S/C14H12ClFN2O2/c1-2-18(11-5-3-10(16)4-6-11)13-8-9(14(19)20)7-12(15)17-13/h3-8H,2H2,1H3,(H,19,20). The van der Waals surface area contributed by atoms with Crippen molar-refractivity contribution in [1.82, 2.24) is 4.98 Å². The Balaban J connectivity index is 2.46. The van der Waals surface area contributed by atoms with Gasteiger partial charge in [-0.3, -0.25) is 0 Å². The van der Waals surface area contributed by atoms with Crippen molar-refractivity contribution in [3.05, 3.63) is 52.9 Å². The van der Waals surface area contributed by atoms with Crippen LogP contribution in [0.25, 0.3) is 0 Å². The first-order valence-electron chi connectivity index (χ1n) is 5.95. The molecular weight excluding hydrogens is 283 g/mol. The van der Waals surface area contributed by atoms with Crippen molar-refractivity contribution in [1.29, 1.82) is 0 Å². The first-order valence-corrected chi connectivity index (χ1v) is 6.33. The maximum Gasteiger partial charge on any atom is 0.335 e. The molecule has 0 aliphatic rings. The minimum absolute atomic E-state index is 0.0561. The van der Waals surface area contributed by atoms with E-state index in [-0.39, 0.29) is 16.5 Å². The summed E-state index contributed by atoms with van der Waals surface area (Å²) in [5.41, 5.74) is 0.764. The molecule has 0 bridgehead atoms. The second kappa shape index (κ2) is 5.88. The quantitative estimate of drug-likeness (QED) is 0.873. The summed E-state index contributed by atoms with van der Waals surface area (Å²) in [5, 5.41) is 9.14. The van der Waals surface area contributed by atoms with E-state index < -0.39 is 5.97 Å². The molecule has 0 saturated heterocycles. The minimum atomic E-state index is -1.08. The zero-order chi connectivity index (χ0) is 14.7. The topological polar surface area (TPSA) is 53.4 Å². The molecule has 0 radical (unpaired) electrons. The van der Waals surface area contributed by atoms with Crippen molar-refractivity contribution < 1.29 is 14.3 Å². The third-order valence-corrected chi connectivity index (χ3v) is 2.95. The summed E-state index contributed by atoms with van der Waals surface area (Å²) in [5.74, 6) is -1.01. The lowest BCUT2D eigenvalue weighted by molar-refractivity contribution is 0.0697. The summed E-state index contributed by atoms with van der Waals surface area (Å²) in [4.78, 5) is 16.9. The number of carbonyl (C=O) groups is 1. The van der Waals surface area contributed by atoms with Gasteiger partial charge in [-0.25, -0.2) is 14.2 Å². The van der Waals surface area contributed by atoms with Gasteiger partial charge in [-0.2, -0.15) is 0 Å². The fraction of sp³-hybridized carbons (Fsp3) is 0.143. The number of nitrogens with zero attached hydrogens (tertiary/aromatic N) is 2. The van der Waals surface area contributed by atoms with Crippen LogP contribution in [0.5, 0.6) is 0 Å². The van der Waals surface area contributed by atoms with Gasteiger partial charge in [0.05, 0.1) is 5.56 Å². The fourth-order valence-corrected chi connectivity index (χ4v) is 2.05. The van der Waals surface area contributed by atoms with Crippen LogP contribution in [0.1, 0.15) is 17.3 Å². The number of rotatable bonds is 4. The highest BCUT2D eigenvalue weighted by molar-refractivity contribution is 6.29. The predicted octanol–water partition coefficient (Wildman–Crippen LogP) is 3.73. The molecule has 0 unspecified atom stereocenters. The molecular formula is C14H12ClFN2O2. The van der Waals surface area contributed by atoms with Crippen LogP contribution in [0.3, 0.4) is 0 Å². The Morgan fingerprint density at radius 3 is 2.55 bits per heavy atom. The van der Waals surface area contributed by atoms with Crippen LogP contribution in [0.4, 0.5) is 15.9 Å². The van der Waals surface area contributed by atoms with Crippen molar-refractivity contribution in [2.75, 3.05) is 11.4 Å². The van der Waals surface area contributed by atoms with E-state index in [1.165, 1.54) is 24.3 Å². The molecule has 0 amide bonds. The molecule has 1 aromatic carbocycles. The normalized spacial score (nSPS) is 10.3. The van der Waals surface area contributed by atoms with Crippen LogP contribution in [0.2, 0.25) is 5.15 Å². The van der Waals surface area contributed by atoms with Crippen LogP contribution in [-0.4, -0.2) is 22.6 Å². The zero-order valence-corrected chi connectivity index (χ0v) is 11.4. The first kappa shape index (κ1) is 14.3. The van der Waals surface area contributed by atoms with Gasteiger partial charge in [0.1, 0.15) is 16.8 Å². The van der Waals surface area contributed by atoms with E-state index in [2.05, 4.69) is 4.98 Å². The van der Waals surface area contributed by atoms with Crippen LogP contribution < -0.4 is 4.90 Å². The average Bonchev–Trinajstić information content (AvgIpc) is 2.41. The van der Waals surface area contributed by atoms with E-state index >= 15 is 0 Å². The Morgan fingerprint density at radius 1 is 1.35 bits per heavy atom. The van der Waals surface area contributed by atoms with E-state index in [1.54, 1.807) is 17.0 Å². The van der Waals surface area contributed by atoms with E-state index in [0.29, 0.717) is 18.1 Å². The summed E-state index contributed by atoms with van der Waals surface area (Å²) < 4.78 is 13.0. The molecule has 0 spiro atoms. The second-order valence-electron chi connectivity index (χ2n) is 4.06. The van der Waals surface area contributed by atoms with Gasteiger partial charge in [0.2, 0.25) is 0 Å². The second-order valence-corrected chi connectivity index (χ2v) is 4.45. The summed E-state index contributed by atoms with van der Waals surface area (Å²) in [7, 11) is 0. The molecule has 0 aliphatic heterocycles. The van der Waals surface area contributed by atoms with Crippen molar-refractivity contribution in [2.24, 2.45) is 0 Å². The molecule has 1 N–H and O–H groups in total. The molecule has 2 rings (SSSR count). The molecule has 4 nitrogen and oxygen atoms in total. The highest BCUT2D eigenvalue weighted by Gasteiger charge is 2.13. The lowest BCUT2D eigenvalue weighted by Gasteiger charge is -2.22. The van der Waals surface area contributed by atoms with Crippen molar-refractivity contribution in [2.45, 2.75) is 6.92 Å². The molecule has 104 valence electrons. The largest absolute Gasteiger partial charge is 0.478 e. The summed E-state index contributed by atoms with van der Waals surface area (Å²) >= 11 is 5.85. The Bertz CT molecular complexity index is 632. The fourth-order valence-electron chi connectivity index (χ4n) is 1.84. The number of benzene rings is 1. The molecule has 0 saturated carbocycles. The highest BCUT2D eigenvalue weighted by atomic mass is 35.5. The van der Waals surface area contributed by atoms with Crippen molar-refractivity contribution in [3.8, 4) is 0 Å². The maximum absolute atomic E-state index is 13.0. The number of carboxylic acid groups (broad SMARTS) is 1. The lowest BCUT2D eigenvalue weighted by Crippen LogP contribution is -2.18. The molecule has 0 aliphatic carbocycles. The van der Waals surface area contributed by atoms with E-state index in [0.717, 1.165) is 0 Å². The Morgan fingerprint density at radius 2 is 2.00 bits per heavy atom. The van der Waals surface area contributed by atoms with E-state index in [9.17, 15) is 9.18 Å². The van der Waals surface area contributed by atoms with Gasteiger partial charge in [0.15, 0.2) is 0 Å². The molecule has 1 aromatic heterocycles. The lowest BCUT2D eigenvalue weighted by atomic mass is 10.2. The number of anilines is 2. The maximum atomic E-state index is 13.0. The number of hydrogen-bond donors (Lipinski definition) is 1. The molecule has 1 heterocycles. The van der Waals surface area contributed by atoms with Gasteiger partial charge in [-0.05, 0) is 43.3 Å². The Kier molecular flexibility index (Phi) is 4.20.